The van der Waals surface area contributed by atoms with E-state index in [0.717, 1.165) is 5.56 Å². The van der Waals surface area contributed by atoms with Gasteiger partial charge in [-0.1, -0.05) is 30.3 Å². The molecule has 3 rings (SSSR count). The van der Waals surface area contributed by atoms with Gasteiger partial charge in [0.1, 0.15) is 24.9 Å². The van der Waals surface area contributed by atoms with Crippen molar-refractivity contribution in [2.75, 3.05) is 13.2 Å². The van der Waals surface area contributed by atoms with Crippen molar-refractivity contribution in [3.8, 4) is 0 Å². The Kier molecular flexibility index (Phi) is 4.82. The molecule has 2 heterocycles. The van der Waals surface area contributed by atoms with Crippen LogP contribution >= 0.6 is 0 Å². The van der Waals surface area contributed by atoms with Gasteiger partial charge in [0.2, 0.25) is 0 Å². The summed E-state index contributed by atoms with van der Waals surface area (Å²) >= 11 is 0. The van der Waals surface area contributed by atoms with Crippen molar-refractivity contribution >= 4 is 6.09 Å². The number of carbonyl (C=O) groups excluding carboxylic acids is 1. The number of nitrogens with zero attached hydrogens (tertiary/aromatic N) is 1. The fraction of sp³-hybridized carbons (Fsp3) is 0.562. The summed E-state index contributed by atoms with van der Waals surface area (Å²) in [7, 11) is 0. The molecule has 0 radical (unpaired) electrons. The van der Waals surface area contributed by atoms with Crippen LogP contribution in [0.5, 0.6) is 0 Å². The molecule has 0 unspecified atom stereocenters. The van der Waals surface area contributed by atoms with Crippen LogP contribution in [0.25, 0.3) is 0 Å². The third-order valence-corrected chi connectivity index (χ3v) is 4.39. The van der Waals surface area contributed by atoms with Crippen molar-refractivity contribution in [2.45, 2.75) is 43.5 Å². The van der Waals surface area contributed by atoms with E-state index in [1.807, 2.05) is 30.3 Å². The zero-order chi connectivity index (χ0) is 16.4. The van der Waals surface area contributed by atoms with Crippen LogP contribution in [0.15, 0.2) is 30.3 Å². The second-order valence-electron chi connectivity index (χ2n) is 5.94. The molecule has 2 fully saturated rings. The molecular weight excluding hydrogens is 302 g/mol. The van der Waals surface area contributed by atoms with Crippen molar-refractivity contribution in [2.24, 2.45) is 0 Å². The number of aliphatic hydroxyl groups excluding tert-OH is 3. The Morgan fingerprint density at radius 3 is 2.61 bits per heavy atom. The molecule has 0 aliphatic carbocycles. The molecule has 23 heavy (non-hydrogen) atoms. The molecular formula is C16H21NO6. The highest BCUT2D eigenvalue weighted by Crippen LogP contribution is 2.29. The summed E-state index contributed by atoms with van der Waals surface area (Å²) in [5.41, 5.74) is 0.865. The van der Waals surface area contributed by atoms with Crippen LogP contribution in [-0.4, -0.2) is 69.9 Å². The first-order valence-electron chi connectivity index (χ1n) is 7.71. The molecule has 1 aromatic rings. The number of rotatable bonds is 3. The fourth-order valence-electron chi connectivity index (χ4n) is 3.14. The van der Waals surface area contributed by atoms with Gasteiger partial charge in [-0.15, -0.1) is 0 Å². The Bertz CT molecular complexity index is 539. The minimum absolute atomic E-state index is 0.0119. The second-order valence-corrected chi connectivity index (χ2v) is 5.94. The number of carbonyl (C=O) groups is 1. The maximum absolute atomic E-state index is 12.3. The summed E-state index contributed by atoms with van der Waals surface area (Å²) in [6, 6.07) is 8.58. The lowest BCUT2D eigenvalue weighted by atomic mass is 10.00. The van der Waals surface area contributed by atoms with E-state index in [9.17, 15) is 20.1 Å². The SMILES string of the molecule is O=C(OCc1ccccc1)N1CC[C@H](O)[C@@H]1[C@@H]1OC[C@@H](O)[C@@H]1O. The molecule has 7 heteroatoms. The van der Waals surface area contributed by atoms with E-state index in [1.54, 1.807) is 0 Å². The van der Waals surface area contributed by atoms with Crippen LogP contribution in [0, 0.1) is 0 Å². The van der Waals surface area contributed by atoms with Gasteiger partial charge in [-0.25, -0.2) is 4.79 Å². The zero-order valence-corrected chi connectivity index (χ0v) is 12.6. The molecule has 0 bridgehead atoms. The molecule has 3 N–H and O–H groups in total. The summed E-state index contributed by atoms with van der Waals surface area (Å²) in [4.78, 5) is 13.7. The van der Waals surface area contributed by atoms with Crippen molar-refractivity contribution in [1.29, 1.82) is 0 Å². The third kappa shape index (κ3) is 3.32. The Hall–Kier alpha value is -1.67. The maximum atomic E-state index is 12.3. The summed E-state index contributed by atoms with van der Waals surface area (Å²) in [5, 5.41) is 29.7. The third-order valence-electron chi connectivity index (χ3n) is 4.39. The summed E-state index contributed by atoms with van der Waals surface area (Å²) in [6.45, 7) is 0.444. The Morgan fingerprint density at radius 2 is 1.96 bits per heavy atom. The molecule has 1 amide bonds. The number of hydrogen-bond donors (Lipinski definition) is 3. The molecule has 126 valence electrons. The van der Waals surface area contributed by atoms with Crippen molar-refractivity contribution in [3.05, 3.63) is 35.9 Å². The van der Waals surface area contributed by atoms with Gasteiger partial charge in [0.05, 0.1) is 18.8 Å². The van der Waals surface area contributed by atoms with E-state index in [0.29, 0.717) is 13.0 Å². The molecule has 2 aliphatic rings. The first-order chi connectivity index (χ1) is 11.1. The molecule has 0 aromatic heterocycles. The fourth-order valence-corrected chi connectivity index (χ4v) is 3.14. The van der Waals surface area contributed by atoms with Crippen molar-refractivity contribution in [1.82, 2.24) is 4.90 Å². The first-order valence-corrected chi connectivity index (χ1v) is 7.71. The molecule has 1 aromatic carbocycles. The molecule has 0 saturated carbocycles. The van der Waals surface area contributed by atoms with Crippen LogP contribution < -0.4 is 0 Å². The van der Waals surface area contributed by atoms with Gasteiger partial charge in [-0.2, -0.15) is 0 Å². The lowest BCUT2D eigenvalue weighted by Crippen LogP contribution is -2.52. The Balaban J connectivity index is 1.64. The standard InChI is InChI=1S/C16H21NO6/c18-11-6-7-17(13(11)15-14(20)12(19)9-22-15)16(21)23-8-10-4-2-1-3-5-10/h1-5,11-15,18-20H,6-9H2/t11-,12+,13+,14-,15-/m0/s1. The minimum atomic E-state index is -1.13. The Morgan fingerprint density at radius 1 is 1.22 bits per heavy atom. The monoisotopic (exact) mass is 323 g/mol. The van der Waals surface area contributed by atoms with E-state index in [2.05, 4.69) is 0 Å². The summed E-state index contributed by atoms with van der Waals surface area (Å²) < 4.78 is 10.7. The van der Waals surface area contributed by atoms with Crippen LogP contribution in [0.3, 0.4) is 0 Å². The smallest absolute Gasteiger partial charge is 0.410 e. The number of hydrogen-bond acceptors (Lipinski definition) is 6. The van der Waals surface area contributed by atoms with Gasteiger partial charge >= 0.3 is 6.09 Å². The van der Waals surface area contributed by atoms with E-state index in [4.69, 9.17) is 9.47 Å². The van der Waals surface area contributed by atoms with Gasteiger partial charge in [0.15, 0.2) is 0 Å². The van der Waals surface area contributed by atoms with Gasteiger partial charge in [0.25, 0.3) is 0 Å². The lowest BCUT2D eigenvalue weighted by molar-refractivity contribution is -0.0459. The summed E-state index contributed by atoms with van der Waals surface area (Å²) in [6.07, 6.45) is -3.94. The van der Waals surface area contributed by atoms with E-state index < -0.39 is 36.6 Å². The van der Waals surface area contributed by atoms with Gasteiger partial charge in [-0.05, 0) is 12.0 Å². The maximum Gasteiger partial charge on any atom is 0.410 e. The molecule has 7 nitrogen and oxygen atoms in total. The quantitative estimate of drug-likeness (QED) is 0.717. The van der Waals surface area contributed by atoms with Crippen LogP contribution in [-0.2, 0) is 16.1 Å². The predicted molar refractivity (Wildman–Crippen MR) is 79.5 cm³/mol. The predicted octanol–water partition coefficient (Wildman–Crippen LogP) is -0.121. The van der Waals surface area contributed by atoms with Crippen LogP contribution in [0.1, 0.15) is 12.0 Å². The number of likely N-dealkylation sites (tertiary alicyclic amines) is 1. The topological polar surface area (TPSA) is 99.5 Å². The zero-order valence-electron chi connectivity index (χ0n) is 12.6. The number of ether oxygens (including phenoxy) is 2. The highest BCUT2D eigenvalue weighted by Gasteiger charge is 2.49. The summed E-state index contributed by atoms with van der Waals surface area (Å²) in [5.74, 6) is 0. The minimum Gasteiger partial charge on any atom is -0.445 e. The average Bonchev–Trinajstić information content (AvgIpc) is 3.09. The van der Waals surface area contributed by atoms with Gasteiger partial charge in [0, 0.05) is 6.54 Å². The lowest BCUT2D eigenvalue weighted by Gasteiger charge is -2.31. The van der Waals surface area contributed by atoms with Gasteiger partial charge < -0.3 is 24.8 Å². The highest BCUT2D eigenvalue weighted by molar-refractivity contribution is 5.68. The highest BCUT2D eigenvalue weighted by atomic mass is 16.6. The normalized spacial score (nSPS) is 33.9. The molecule has 0 spiro atoms. The number of amides is 1. The number of aliphatic hydroxyl groups is 3. The van der Waals surface area contributed by atoms with E-state index in [1.165, 1.54) is 4.90 Å². The van der Waals surface area contributed by atoms with Crippen LogP contribution in [0.4, 0.5) is 4.79 Å². The van der Waals surface area contributed by atoms with E-state index in [-0.39, 0.29) is 13.2 Å². The Labute approximate surface area is 134 Å². The largest absolute Gasteiger partial charge is 0.445 e. The van der Waals surface area contributed by atoms with E-state index >= 15 is 0 Å². The first kappa shape index (κ1) is 16.2. The van der Waals surface area contributed by atoms with Gasteiger partial charge in [-0.3, -0.25) is 4.90 Å². The second kappa shape index (κ2) is 6.84. The van der Waals surface area contributed by atoms with Crippen molar-refractivity contribution < 1.29 is 29.6 Å². The number of benzene rings is 1. The average molecular weight is 323 g/mol. The molecule has 2 aliphatic heterocycles. The van der Waals surface area contributed by atoms with Crippen LogP contribution in [0.2, 0.25) is 0 Å². The molecule has 2 saturated heterocycles. The van der Waals surface area contributed by atoms with Crippen molar-refractivity contribution in [3.63, 3.8) is 0 Å². The molecule has 5 atom stereocenters.